The number of nitrogens with zero attached hydrogens (tertiary/aromatic N) is 1. The second-order valence-corrected chi connectivity index (χ2v) is 5.07. The van der Waals surface area contributed by atoms with Crippen LogP contribution in [0.5, 0.6) is 0 Å². The van der Waals surface area contributed by atoms with E-state index >= 15 is 0 Å². The number of nitrogens with one attached hydrogen (secondary N) is 1. The number of nitrogens with two attached hydrogens (primary N) is 1. The molecule has 0 aliphatic heterocycles. The zero-order valence-electron chi connectivity index (χ0n) is 8.55. The Morgan fingerprint density at radius 3 is 2.59 bits per heavy atom. The van der Waals surface area contributed by atoms with Crippen LogP contribution in [0.15, 0.2) is 34.8 Å². The highest BCUT2D eigenvalue weighted by Crippen LogP contribution is 2.28. The van der Waals surface area contributed by atoms with Crippen molar-refractivity contribution in [2.24, 2.45) is 0 Å². The molecule has 0 atom stereocenters. The average molecular weight is 333 g/mol. The fourth-order valence-electron chi connectivity index (χ4n) is 1.31. The fourth-order valence-corrected chi connectivity index (χ4v) is 2.25. The van der Waals surface area contributed by atoms with E-state index in [4.69, 9.17) is 28.9 Å². The zero-order chi connectivity index (χ0) is 12.4. The molecule has 0 spiro atoms. The van der Waals surface area contributed by atoms with E-state index in [-0.39, 0.29) is 0 Å². The van der Waals surface area contributed by atoms with Crippen molar-refractivity contribution >= 4 is 56.3 Å². The summed E-state index contributed by atoms with van der Waals surface area (Å²) in [6.07, 6.45) is 0. The number of hydrogen-bond donors (Lipinski definition) is 2. The topological polar surface area (TPSA) is 50.9 Å². The Morgan fingerprint density at radius 1 is 1.18 bits per heavy atom. The van der Waals surface area contributed by atoms with Gasteiger partial charge in [0.15, 0.2) is 0 Å². The summed E-state index contributed by atoms with van der Waals surface area (Å²) >= 11 is 15.2. The van der Waals surface area contributed by atoms with Crippen molar-refractivity contribution < 1.29 is 0 Å². The number of halogens is 3. The highest BCUT2D eigenvalue weighted by Gasteiger charge is 2.04. The lowest BCUT2D eigenvalue weighted by molar-refractivity contribution is 1.31. The summed E-state index contributed by atoms with van der Waals surface area (Å²) in [7, 11) is 0. The van der Waals surface area contributed by atoms with Crippen LogP contribution in [0, 0.1) is 0 Å². The number of aromatic nitrogens is 1. The Kier molecular flexibility index (Phi) is 3.76. The largest absolute Gasteiger partial charge is 0.399 e. The van der Waals surface area contributed by atoms with Crippen molar-refractivity contribution in [2.75, 3.05) is 11.1 Å². The van der Waals surface area contributed by atoms with Crippen molar-refractivity contribution in [3.05, 3.63) is 45.0 Å². The normalized spacial score (nSPS) is 10.3. The highest BCUT2D eigenvalue weighted by molar-refractivity contribution is 9.10. The summed E-state index contributed by atoms with van der Waals surface area (Å²) in [5.74, 6) is 0.555. The molecular weight excluding hydrogens is 325 g/mol. The minimum atomic E-state index is 0.334. The second kappa shape index (κ2) is 5.12. The monoisotopic (exact) mass is 331 g/mol. The van der Waals surface area contributed by atoms with Crippen molar-refractivity contribution in [3.63, 3.8) is 0 Å². The van der Waals surface area contributed by atoms with Crippen molar-refractivity contribution in [1.82, 2.24) is 4.98 Å². The molecule has 0 saturated heterocycles. The van der Waals surface area contributed by atoms with Gasteiger partial charge in [-0.3, -0.25) is 0 Å². The fraction of sp³-hybridized carbons (Fsp3) is 0. The van der Waals surface area contributed by atoms with Crippen LogP contribution in [-0.4, -0.2) is 4.98 Å². The second-order valence-electron chi connectivity index (χ2n) is 3.36. The summed E-state index contributed by atoms with van der Waals surface area (Å²) in [5.41, 5.74) is 6.95. The maximum Gasteiger partial charge on any atom is 0.134 e. The Morgan fingerprint density at radius 2 is 1.94 bits per heavy atom. The molecule has 1 heterocycles. The third kappa shape index (κ3) is 3.25. The summed E-state index contributed by atoms with van der Waals surface area (Å²) in [6.45, 7) is 0. The Hall–Kier alpha value is -0.970. The first-order valence-electron chi connectivity index (χ1n) is 4.70. The molecule has 0 saturated carbocycles. The molecule has 1 aromatic carbocycles. The molecule has 2 aromatic rings. The van der Waals surface area contributed by atoms with E-state index in [0.29, 0.717) is 21.7 Å². The van der Waals surface area contributed by atoms with E-state index in [1.165, 1.54) is 0 Å². The van der Waals surface area contributed by atoms with Crippen LogP contribution in [-0.2, 0) is 0 Å². The molecule has 0 aliphatic carbocycles. The van der Waals surface area contributed by atoms with Gasteiger partial charge in [-0.1, -0.05) is 39.1 Å². The van der Waals surface area contributed by atoms with E-state index in [2.05, 4.69) is 26.2 Å². The number of benzene rings is 1. The first kappa shape index (κ1) is 12.5. The number of hydrogen-bond acceptors (Lipinski definition) is 3. The van der Waals surface area contributed by atoms with E-state index in [1.54, 1.807) is 18.2 Å². The zero-order valence-corrected chi connectivity index (χ0v) is 11.6. The third-order valence-electron chi connectivity index (χ3n) is 2.01. The molecule has 3 N–H and O–H groups in total. The van der Waals surface area contributed by atoms with Gasteiger partial charge in [-0.15, -0.1) is 0 Å². The molecular formula is C11H8BrCl2N3. The van der Waals surface area contributed by atoms with E-state index in [0.717, 1.165) is 10.2 Å². The lowest BCUT2D eigenvalue weighted by Gasteiger charge is -2.08. The van der Waals surface area contributed by atoms with Gasteiger partial charge in [-0.05, 0) is 24.3 Å². The van der Waals surface area contributed by atoms with Crippen LogP contribution in [0.4, 0.5) is 17.2 Å². The SMILES string of the molecule is Nc1cc(Cl)nc(Nc2ccc(Br)cc2Cl)c1. The van der Waals surface area contributed by atoms with Gasteiger partial charge in [0.2, 0.25) is 0 Å². The minimum Gasteiger partial charge on any atom is -0.399 e. The lowest BCUT2D eigenvalue weighted by Crippen LogP contribution is -1.96. The molecule has 0 unspecified atom stereocenters. The van der Waals surface area contributed by atoms with Crippen molar-refractivity contribution in [2.45, 2.75) is 0 Å². The summed E-state index contributed by atoms with van der Waals surface area (Å²) in [5, 5.41) is 3.97. The maximum atomic E-state index is 6.07. The summed E-state index contributed by atoms with van der Waals surface area (Å²) in [4.78, 5) is 4.10. The standard InChI is InChI=1S/C11H8BrCl2N3/c12-6-1-2-9(8(13)3-6)16-11-5-7(15)4-10(14)17-11/h1-5H,(H3,15,16,17). The number of nitrogen functional groups attached to an aromatic ring is 1. The maximum absolute atomic E-state index is 6.07. The molecule has 17 heavy (non-hydrogen) atoms. The molecule has 0 aliphatic rings. The quantitative estimate of drug-likeness (QED) is 0.797. The average Bonchev–Trinajstić information content (AvgIpc) is 2.21. The van der Waals surface area contributed by atoms with E-state index in [9.17, 15) is 0 Å². The Balaban J connectivity index is 2.31. The number of pyridine rings is 1. The number of rotatable bonds is 2. The molecule has 1 aromatic heterocycles. The van der Waals surface area contributed by atoms with Gasteiger partial charge in [0.05, 0.1) is 10.7 Å². The van der Waals surface area contributed by atoms with Crippen molar-refractivity contribution in [3.8, 4) is 0 Å². The van der Waals surface area contributed by atoms with Crippen LogP contribution in [0.2, 0.25) is 10.2 Å². The predicted octanol–water partition coefficient (Wildman–Crippen LogP) is 4.48. The molecule has 0 bridgehead atoms. The van der Waals surface area contributed by atoms with E-state index in [1.807, 2.05) is 12.1 Å². The first-order chi connectivity index (χ1) is 8.04. The molecule has 3 nitrogen and oxygen atoms in total. The minimum absolute atomic E-state index is 0.334. The van der Waals surface area contributed by atoms with Crippen LogP contribution in [0.1, 0.15) is 0 Å². The van der Waals surface area contributed by atoms with Crippen LogP contribution < -0.4 is 11.1 Å². The van der Waals surface area contributed by atoms with Gasteiger partial charge < -0.3 is 11.1 Å². The predicted molar refractivity (Wildman–Crippen MR) is 76.1 cm³/mol. The van der Waals surface area contributed by atoms with Crippen molar-refractivity contribution in [1.29, 1.82) is 0 Å². The van der Waals surface area contributed by atoms with Gasteiger partial charge in [-0.2, -0.15) is 0 Å². The molecule has 88 valence electrons. The molecule has 2 rings (SSSR count). The lowest BCUT2D eigenvalue weighted by atomic mass is 10.3. The first-order valence-corrected chi connectivity index (χ1v) is 6.24. The van der Waals surface area contributed by atoms with Gasteiger partial charge in [-0.25, -0.2) is 4.98 Å². The van der Waals surface area contributed by atoms with Crippen LogP contribution in [0.3, 0.4) is 0 Å². The van der Waals surface area contributed by atoms with Gasteiger partial charge in [0.25, 0.3) is 0 Å². The van der Waals surface area contributed by atoms with E-state index < -0.39 is 0 Å². The van der Waals surface area contributed by atoms with Gasteiger partial charge >= 0.3 is 0 Å². The third-order valence-corrected chi connectivity index (χ3v) is 3.01. The Labute approximate surface area is 117 Å². The molecule has 0 radical (unpaired) electrons. The van der Waals surface area contributed by atoms with Crippen LogP contribution in [0.25, 0.3) is 0 Å². The molecule has 0 fully saturated rings. The summed E-state index contributed by atoms with van der Waals surface area (Å²) in [6, 6.07) is 8.77. The summed E-state index contributed by atoms with van der Waals surface area (Å²) < 4.78 is 0.909. The highest BCUT2D eigenvalue weighted by atomic mass is 79.9. The van der Waals surface area contributed by atoms with Gasteiger partial charge in [0, 0.05) is 16.2 Å². The molecule has 6 heteroatoms. The van der Waals surface area contributed by atoms with Gasteiger partial charge in [0.1, 0.15) is 11.0 Å². The number of anilines is 3. The van der Waals surface area contributed by atoms with Crippen LogP contribution >= 0.6 is 39.1 Å². The smallest absolute Gasteiger partial charge is 0.134 e. The Bertz CT molecular complexity index is 540. The molecule has 0 amide bonds.